The first kappa shape index (κ1) is 24.3. The Balaban J connectivity index is 1.13. The van der Waals surface area contributed by atoms with E-state index in [0.717, 1.165) is 49.0 Å². The minimum Gasteiger partial charge on any atom is -0.481 e. The number of rotatable bonds is 7. The highest BCUT2D eigenvalue weighted by Crippen LogP contribution is 2.55. The zero-order valence-corrected chi connectivity index (χ0v) is 21.2. The van der Waals surface area contributed by atoms with E-state index >= 15 is 0 Å². The van der Waals surface area contributed by atoms with Gasteiger partial charge in [-0.05, 0) is 50.3 Å². The molecule has 1 saturated carbocycles. The van der Waals surface area contributed by atoms with Crippen molar-refractivity contribution < 1.29 is 23.8 Å². The monoisotopic (exact) mass is 525 g/mol. The van der Waals surface area contributed by atoms with Crippen LogP contribution in [-0.2, 0) is 11.3 Å². The van der Waals surface area contributed by atoms with E-state index in [9.17, 15) is 14.3 Å². The second-order valence-corrected chi connectivity index (χ2v) is 11.5. The number of halogens is 1. The molecule has 7 rings (SSSR count). The third-order valence-corrected chi connectivity index (χ3v) is 9.64. The largest absolute Gasteiger partial charge is 0.481 e. The fraction of sp³-hybridized carbons (Fsp3) is 0.462. The van der Waals surface area contributed by atoms with Crippen LogP contribution in [0.2, 0.25) is 0 Å². The van der Waals surface area contributed by atoms with E-state index in [1.54, 1.807) is 12.1 Å². The Morgan fingerprint density at radius 1 is 1.24 bits per heavy atom. The number of nitrogens with zero attached hydrogens (tertiary/aromatic N) is 3. The Hall–Kier alpha value is -3.02. The smallest absolute Gasteiger partial charge is 0.332 e. The van der Waals surface area contributed by atoms with Crippen molar-refractivity contribution in [3.63, 3.8) is 0 Å². The summed E-state index contributed by atoms with van der Waals surface area (Å²) in [5, 5.41) is 17.9. The fourth-order valence-electron chi connectivity index (χ4n) is 5.56. The number of carbonyl (C=O) groups excluding carboxylic acids is 1. The molecule has 2 bridgehead atoms. The zero-order valence-electron chi connectivity index (χ0n) is 20.4. The number of aliphatic hydroxyl groups excluding tert-OH is 1. The van der Waals surface area contributed by atoms with E-state index in [-0.39, 0.29) is 28.4 Å². The Morgan fingerprint density at radius 3 is 2.84 bits per heavy atom. The number of ether oxygens (including phenoxy) is 2. The number of hydrogen-bond acceptors (Lipinski definition) is 10. The van der Waals surface area contributed by atoms with Gasteiger partial charge in [0, 0.05) is 34.2 Å². The van der Waals surface area contributed by atoms with Gasteiger partial charge in [-0.2, -0.15) is 11.8 Å². The van der Waals surface area contributed by atoms with Crippen molar-refractivity contribution in [3.8, 4) is 11.8 Å². The predicted octanol–water partition coefficient (Wildman–Crippen LogP) is 3.52. The normalized spacial score (nSPS) is 25.3. The third kappa shape index (κ3) is 4.60. The van der Waals surface area contributed by atoms with Crippen molar-refractivity contribution in [2.45, 2.75) is 55.0 Å². The summed E-state index contributed by atoms with van der Waals surface area (Å²) in [5.74, 6) is 0.684. The molecule has 3 fully saturated rings. The van der Waals surface area contributed by atoms with Crippen LogP contribution in [0.1, 0.15) is 49.5 Å². The molecular weight excluding hydrogens is 497 g/mol. The van der Waals surface area contributed by atoms with Crippen LogP contribution in [0, 0.1) is 5.82 Å². The van der Waals surface area contributed by atoms with Crippen molar-refractivity contribution in [2.24, 2.45) is 0 Å². The summed E-state index contributed by atoms with van der Waals surface area (Å²) in [6, 6.07) is 7.22. The summed E-state index contributed by atoms with van der Waals surface area (Å²) in [5.41, 5.74) is 2.58. The number of anilines is 1. The van der Waals surface area contributed by atoms with Gasteiger partial charge in [0.1, 0.15) is 17.9 Å². The Labute approximate surface area is 217 Å². The van der Waals surface area contributed by atoms with Crippen molar-refractivity contribution in [1.29, 1.82) is 0 Å². The summed E-state index contributed by atoms with van der Waals surface area (Å²) >= 11 is 1.85. The average molecular weight is 526 g/mol. The number of nitrogens with one attached hydrogen (secondary N) is 2. The van der Waals surface area contributed by atoms with Crippen LogP contribution in [0.4, 0.5) is 10.1 Å². The molecular formula is C26H28FN5O4S. The number of pyridine rings is 3. The van der Waals surface area contributed by atoms with E-state index in [1.165, 1.54) is 7.11 Å². The molecule has 1 aliphatic carbocycles. The standard InChI is InChI=1S/C26H28FN5O4S/c1-35-20-5-4-17-23(32-20)22(16(27)12-28-17)19(33)10-26-8-6-25(7-9-26,14-37-26)30-11-15-2-3-18-24(31-15)36-21(34)13-29-18/h2-5,12,19,29-30,33H,6-11,13-14H2,1H3. The number of fused-ring (bicyclic) bond motifs is 5. The number of carbonyl (C=O) groups is 1. The second kappa shape index (κ2) is 9.38. The van der Waals surface area contributed by atoms with Crippen LogP contribution in [-0.4, -0.2) is 55.7 Å². The number of esters is 1. The van der Waals surface area contributed by atoms with Gasteiger partial charge < -0.3 is 25.2 Å². The van der Waals surface area contributed by atoms with Crippen LogP contribution in [0.25, 0.3) is 11.0 Å². The number of hydrogen-bond donors (Lipinski definition) is 3. The molecule has 11 heteroatoms. The van der Waals surface area contributed by atoms with Gasteiger partial charge in [0.2, 0.25) is 11.8 Å². The second-order valence-electron chi connectivity index (χ2n) is 10.0. The lowest BCUT2D eigenvalue weighted by Gasteiger charge is -2.54. The summed E-state index contributed by atoms with van der Waals surface area (Å²) < 4.78 is 25.2. The lowest BCUT2D eigenvalue weighted by Crippen LogP contribution is -2.57. The van der Waals surface area contributed by atoms with E-state index in [0.29, 0.717) is 35.8 Å². The van der Waals surface area contributed by atoms with Gasteiger partial charge in [-0.3, -0.25) is 4.98 Å². The van der Waals surface area contributed by atoms with Crippen LogP contribution >= 0.6 is 11.8 Å². The first-order chi connectivity index (χ1) is 17.9. The van der Waals surface area contributed by atoms with Crippen LogP contribution in [0.5, 0.6) is 11.8 Å². The SMILES string of the molecule is COc1ccc2ncc(F)c(C(O)CC34CCC(NCc5ccc6c(n5)OC(=O)CN6)(CC3)CS4)c2n1. The molecule has 0 spiro atoms. The topological polar surface area (TPSA) is 118 Å². The van der Waals surface area contributed by atoms with Crippen LogP contribution < -0.4 is 20.1 Å². The van der Waals surface area contributed by atoms with Crippen molar-refractivity contribution >= 4 is 34.5 Å². The summed E-state index contributed by atoms with van der Waals surface area (Å²) in [6.45, 7) is 0.723. The fourth-order valence-corrected chi connectivity index (χ4v) is 7.31. The average Bonchev–Trinajstić information content (AvgIpc) is 2.92. The Kier molecular flexibility index (Phi) is 6.16. The summed E-state index contributed by atoms with van der Waals surface area (Å²) in [4.78, 5) is 24.6. The van der Waals surface area contributed by atoms with Gasteiger partial charge in [0.25, 0.3) is 0 Å². The minimum atomic E-state index is -0.993. The summed E-state index contributed by atoms with van der Waals surface area (Å²) in [6.07, 6.45) is 4.37. The molecule has 1 unspecified atom stereocenters. The minimum absolute atomic E-state index is 0.0204. The van der Waals surface area contributed by atoms with Gasteiger partial charge in [-0.1, -0.05) is 0 Å². The van der Waals surface area contributed by atoms with Crippen LogP contribution in [0.3, 0.4) is 0 Å². The van der Waals surface area contributed by atoms with Gasteiger partial charge in [0.05, 0.1) is 36.3 Å². The molecule has 2 saturated heterocycles. The molecule has 3 aliphatic heterocycles. The molecule has 3 aromatic rings. The number of thioether (sulfide) groups is 1. The Morgan fingerprint density at radius 2 is 2.08 bits per heavy atom. The van der Waals surface area contributed by atoms with Gasteiger partial charge in [-0.15, -0.1) is 0 Å². The maximum atomic E-state index is 14.9. The molecule has 0 amide bonds. The predicted molar refractivity (Wildman–Crippen MR) is 137 cm³/mol. The van der Waals surface area contributed by atoms with E-state index in [1.807, 2.05) is 23.9 Å². The van der Waals surface area contributed by atoms with Crippen molar-refractivity contribution in [3.05, 3.63) is 47.5 Å². The molecule has 9 nitrogen and oxygen atoms in total. The van der Waals surface area contributed by atoms with Crippen molar-refractivity contribution in [2.75, 3.05) is 24.7 Å². The van der Waals surface area contributed by atoms with E-state index in [2.05, 4.69) is 25.6 Å². The zero-order chi connectivity index (χ0) is 25.6. The number of aliphatic hydroxyl groups is 1. The molecule has 0 radical (unpaired) electrons. The molecule has 1 atom stereocenters. The lowest BCUT2D eigenvalue weighted by atomic mass is 9.73. The molecule has 6 heterocycles. The molecule has 37 heavy (non-hydrogen) atoms. The quantitative estimate of drug-likeness (QED) is 0.396. The number of aromatic nitrogens is 3. The summed E-state index contributed by atoms with van der Waals surface area (Å²) in [7, 11) is 1.50. The van der Waals surface area contributed by atoms with E-state index in [4.69, 9.17) is 9.47 Å². The molecule has 0 aromatic carbocycles. The third-order valence-electron chi connectivity index (χ3n) is 7.75. The van der Waals surface area contributed by atoms with Crippen LogP contribution in [0.15, 0.2) is 30.5 Å². The van der Waals surface area contributed by atoms with Gasteiger partial charge >= 0.3 is 5.97 Å². The maximum absolute atomic E-state index is 14.9. The van der Waals surface area contributed by atoms with Gasteiger partial charge in [0.15, 0.2) is 0 Å². The molecule has 3 N–H and O–H groups in total. The number of methoxy groups -OCH3 is 1. The first-order valence-corrected chi connectivity index (χ1v) is 13.4. The highest BCUT2D eigenvalue weighted by atomic mass is 32.2. The van der Waals surface area contributed by atoms with Gasteiger partial charge in [-0.25, -0.2) is 19.2 Å². The maximum Gasteiger partial charge on any atom is 0.332 e. The molecule has 194 valence electrons. The van der Waals surface area contributed by atoms with Crippen molar-refractivity contribution in [1.82, 2.24) is 20.3 Å². The molecule has 4 aliphatic rings. The first-order valence-electron chi connectivity index (χ1n) is 12.4. The highest BCUT2D eigenvalue weighted by Gasteiger charge is 2.50. The van der Waals surface area contributed by atoms with E-state index < -0.39 is 11.9 Å². The Bertz CT molecular complexity index is 1350. The molecule has 3 aromatic heterocycles. The lowest BCUT2D eigenvalue weighted by molar-refractivity contribution is -0.133. The highest BCUT2D eigenvalue weighted by molar-refractivity contribution is 8.00.